The van der Waals surface area contributed by atoms with E-state index in [0.29, 0.717) is 37.1 Å². The number of benzene rings is 1. The van der Waals surface area contributed by atoms with E-state index >= 15 is 0 Å². The molecule has 0 unspecified atom stereocenters. The summed E-state index contributed by atoms with van der Waals surface area (Å²) < 4.78 is 4.94. The summed E-state index contributed by atoms with van der Waals surface area (Å²) in [6.07, 6.45) is 4.89. The summed E-state index contributed by atoms with van der Waals surface area (Å²) in [5.74, 6) is -0.907. The number of carbonyl (C=O) groups excluding carboxylic acids is 3. The molecule has 3 amide bonds. The first-order valence-electron chi connectivity index (χ1n) is 9.09. The number of amides is 3. The van der Waals surface area contributed by atoms with Crippen molar-refractivity contribution in [2.45, 2.75) is 26.2 Å². The fraction of sp³-hybridized carbons (Fsp3) is 0.350. The van der Waals surface area contributed by atoms with Crippen LogP contribution in [-0.2, 0) is 11.2 Å². The molecule has 142 valence electrons. The van der Waals surface area contributed by atoms with Gasteiger partial charge in [-0.05, 0) is 43.0 Å². The molecular weight excluding hydrogens is 346 g/mol. The third-order valence-electron chi connectivity index (χ3n) is 4.84. The highest BCUT2D eigenvalue weighted by Gasteiger charge is 2.28. The van der Waals surface area contributed by atoms with Crippen LogP contribution in [0.5, 0.6) is 0 Å². The van der Waals surface area contributed by atoms with Crippen LogP contribution in [0.3, 0.4) is 0 Å². The molecule has 0 saturated carbocycles. The summed E-state index contributed by atoms with van der Waals surface area (Å²) in [6.45, 7) is 3.03. The van der Waals surface area contributed by atoms with Gasteiger partial charge in [0.25, 0.3) is 11.8 Å². The maximum Gasteiger partial charge on any atom is 0.269 e. The summed E-state index contributed by atoms with van der Waals surface area (Å²) in [6, 6.07) is 8.89. The second kappa shape index (κ2) is 8.53. The van der Waals surface area contributed by atoms with Gasteiger partial charge in [0.05, 0.1) is 11.8 Å². The molecule has 2 aromatic rings. The van der Waals surface area contributed by atoms with E-state index in [1.165, 1.54) is 12.5 Å². The number of hydrogen-bond acceptors (Lipinski definition) is 4. The number of rotatable bonds is 4. The molecule has 0 radical (unpaired) electrons. The number of furan rings is 1. The van der Waals surface area contributed by atoms with Crippen LogP contribution in [0.15, 0.2) is 47.3 Å². The maximum atomic E-state index is 12.3. The van der Waals surface area contributed by atoms with Gasteiger partial charge in [0.2, 0.25) is 5.91 Å². The Hall–Kier alpha value is -3.09. The van der Waals surface area contributed by atoms with E-state index < -0.39 is 0 Å². The van der Waals surface area contributed by atoms with Crippen molar-refractivity contribution in [2.24, 2.45) is 5.92 Å². The zero-order valence-corrected chi connectivity index (χ0v) is 15.2. The van der Waals surface area contributed by atoms with Gasteiger partial charge in [-0.3, -0.25) is 25.2 Å². The SMILES string of the molecule is CCc1ccc(C(=O)NNC(=O)C2CCN(C(=O)c3ccoc3)CC2)cc1. The van der Waals surface area contributed by atoms with Crippen LogP contribution >= 0.6 is 0 Å². The first kappa shape index (κ1) is 18.7. The molecule has 27 heavy (non-hydrogen) atoms. The lowest BCUT2D eigenvalue weighted by Gasteiger charge is -2.31. The van der Waals surface area contributed by atoms with E-state index in [0.717, 1.165) is 12.0 Å². The molecule has 1 saturated heterocycles. The predicted octanol–water partition coefficient (Wildman–Crippen LogP) is 2.16. The molecule has 2 N–H and O–H groups in total. The van der Waals surface area contributed by atoms with Crippen LogP contribution in [0.2, 0.25) is 0 Å². The Labute approximate surface area is 157 Å². The van der Waals surface area contributed by atoms with Crippen LogP contribution in [0.1, 0.15) is 46.0 Å². The molecule has 0 aliphatic carbocycles. The van der Waals surface area contributed by atoms with Gasteiger partial charge in [-0.15, -0.1) is 0 Å². The molecule has 3 rings (SSSR count). The Balaban J connectivity index is 1.45. The van der Waals surface area contributed by atoms with Crippen molar-refractivity contribution < 1.29 is 18.8 Å². The summed E-state index contributed by atoms with van der Waals surface area (Å²) in [5, 5.41) is 0. The van der Waals surface area contributed by atoms with Gasteiger partial charge in [-0.25, -0.2) is 0 Å². The lowest BCUT2D eigenvalue weighted by atomic mass is 9.96. The number of hydrogen-bond donors (Lipinski definition) is 2. The monoisotopic (exact) mass is 369 g/mol. The second-order valence-corrected chi connectivity index (χ2v) is 6.57. The summed E-state index contributed by atoms with van der Waals surface area (Å²) in [5.41, 5.74) is 7.10. The molecule has 2 heterocycles. The molecule has 1 aromatic heterocycles. The van der Waals surface area contributed by atoms with Crippen LogP contribution in [0.4, 0.5) is 0 Å². The van der Waals surface area contributed by atoms with E-state index in [4.69, 9.17) is 4.42 Å². The molecule has 0 spiro atoms. The van der Waals surface area contributed by atoms with Crippen molar-refractivity contribution in [2.75, 3.05) is 13.1 Å². The van der Waals surface area contributed by atoms with Gasteiger partial charge in [0.15, 0.2) is 0 Å². The third-order valence-corrected chi connectivity index (χ3v) is 4.84. The standard InChI is InChI=1S/C20H23N3O4/c1-2-14-3-5-15(6-4-14)18(24)21-22-19(25)16-7-10-23(11-8-16)20(26)17-9-12-27-13-17/h3-6,9,12-13,16H,2,7-8,10-11H2,1H3,(H,21,24)(H,22,25). The highest BCUT2D eigenvalue weighted by Crippen LogP contribution is 2.19. The van der Waals surface area contributed by atoms with E-state index in [-0.39, 0.29) is 23.6 Å². The highest BCUT2D eigenvalue weighted by atomic mass is 16.3. The average molecular weight is 369 g/mol. The number of likely N-dealkylation sites (tertiary alicyclic amines) is 1. The van der Waals surface area contributed by atoms with E-state index in [9.17, 15) is 14.4 Å². The smallest absolute Gasteiger partial charge is 0.269 e. The number of carbonyl (C=O) groups is 3. The van der Waals surface area contributed by atoms with E-state index in [1.54, 1.807) is 23.1 Å². The Kier molecular flexibility index (Phi) is 5.90. The largest absolute Gasteiger partial charge is 0.472 e. The van der Waals surface area contributed by atoms with Crippen molar-refractivity contribution >= 4 is 17.7 Å². The summed E-state index contributed by atoms with van der Waals surface area (Å²) >= 11 is 0. The molecule has 1 aliphatic heterocycles. The minimum Gasteiger partial charge on any atom is -0.472 e. The van der Waals surface area contributed by atoms with Gasteiger partial charge in [-0.2, -0.15) is 0 Å². The second-order valence-electron chi connectivity index (χ2n) is 6.57. The number of piperidine rings is 1. The fourth-order valence-electron chi connectivity index (χ4n) is 3.10. The van der Waals surface area contributed by atoms with E-state index in [2.05, 4.69) is 10.9 Å². The number of nitrogens with one attached hydrogen (secondary N) is 2. The van der Waals surface area contributed by atoms with Gasteiger partial charge in [-0.1, -0.05) is 19.1 Å². The van der Waals surface area contributed by atoms with Crippen LogP contribution in [0.25, 0.3) is 0 Å². The normalized spacial score (nSPS) is 14.6. The van der Waals surface area contributed by atoms with Crippen molar-refractivity contribution in [3.8, 4) is 0 Å². The van der Waals surface area contributed by atoms with Crippen molar-refractivity contribution in [1.82, 2.24) is 15.8 Å². The average Bonchev–Trinajstić information content (AvgIpc) is 3.26. The molecule has 0 atom stereocenters. The van der Waals surface area contributed by atoms with Gasteiger partial charge in [0.1, 0.15) is 6.26 Å². The van der Waals surface area contributed by atoms with E-state index in [1.807, 2.05) is 19.1 Å². The third kappa shape index (κ3) is 4.55. The van der Waals surface area contributed by atoms with Crippen molar-refractivity contribution in [3.05, 3.63) is 59.5 Å². The molecule has 7 nitrogen and oxygen atoms in total. The minimum absolute atomic E-state index is 0.0913. The minimum atomic E-state index is -0.349. The quantitative estimate of drug-likeness (QED) is 0.808. The molecule has 1 fully saturated rings. The lowest BCUT2D eigenvalue weighted by molar-refractivity contribution is -0.127. The number of hydrazine groups is 1. The number of aryl methyl sites for hydroxylation is 1. The highest BCUT2D eigenvalue weighted by molar-refractivity contribution is 5.96. The Morgan fingerprint density at radius 3 is 2.33 bits per heavy atom. The summed E-state index contributed by atoms with van der Waals surface area (Å²) in [4.78, 5) is 38.4. The van der Waals surface area contributed by atoms with Crippen LogP contribution < -0.4 is 10.9 Å². The maximum absolute atomic E-state index is 12.3. The number of nitrogens with zero attached hydrogens (tertiary/aromatic N) is 1. The Morgan fingerprint density at radius 2 is 1.74 bits per heavy atom. The zero-order chi connectivity index (χ0) is 19.2. The molecule has 7 heteroatoms. The molecule has 1 aromatic carbocycles. The zero-order valence-electron chi connectivity index (χ0n) is 15.2. The molecular formula is C20H23N3O4. The van der Waals surface area contributed by atoms with Crippen LogP contribution in [0, 0.1) is 5.92 Å². The first-order valence-corrected chi connectivity index (χ1v) is 9.09. The topological polar surface area (TPSA) is 91.7 Å². The Bertz CT molecular complexity index is 791. The van der Waals surface area contributed by atoms with Crippen molar-refractivity contribution in [1.29, 1.82) is 0 Å². The lowest BCUT2D eigenvalue weighted by Crippen LogP contribution is -2.48. The van der Waals surface area contributed by atoms with Crippen LogP contribution in [-0.4, -0.2) is 35.7 Å². The van der Waals surface area contributed by atoms with Gasteiger partial charge in [0, 0.05) is 24.6 Å². The fourth-order valence-corrected chi connectivity index (χ4v) is 3.10. The summed E-state index contributed by atoms with van der Waals surface area (Å²) in [7, 11) is 0. The van der Waals surface area contributed by atoms with Gasteiger partial charge >= 0.3 is 0 Å². The molecule has 0 bridgehead atoms. The van der Waals surface area contributed by atoms with Crippen molar-refractivity contribution in [3.63, 3.8) is 0 Å². The molecule has 1 aliphatic rings. The first-order chi connectivity index (χ1) is 13.1. The van der Waals surface area contributed by atoms with Gasteiger partial charge < -0.3 is 9.32 Å². The Morgan fingerprint density at radius 1 is 1.04 bits per heavy atom. The predicted molar refractivity (Wildman–Crippen MR) is 98.8 cm³/mol.